The van der Waals surface area contributed by atoms with Gasteiger partial charge >= 0.3 is 0 Å². The first-order valence-electron chi connectivity index (χ1n) is 8.75. The Morgan fingerprint density at radius 1 is 1.07 bits per heavy atom. The van der Waals surface area contributed by atoms with Crippen molar-refractivity contribution in [2.45, 2.75) is 30.8 Å². The minimum Gasteiger partial charge on any atom is -0.497 e. The van der Waals surface area contributed by atoms with Crippen LogP contribution >= 0.6 is 0 Å². The largest absolute Gasteiger partial charge is 0.497 e. The van der Waals surface area contributed by atoms with Crippen LogP contribution in [-0.4, -0.2) is 27.5 Å². The standard InChI is InChI=1S/C20H22N2O5S/c1-13(19-12-15-6-4-5-7-18(15)27-19)21-20(23)14(2)22-28(24,25)17-10-8-16(26-3)9-11-17/h4-14,22H,1-3H3,(H,21,23)/t13?,14-/m0/s1. The van der Waals surface area contributed by atoms with Crippen LogP contribution in [0.15, 0.2) is 63.9 Å². The van der Waals surface area contributed by atoms with E-state index >= 15 is 0 Å². The molecule has 28 heavy (non-hydrogen) atoms. The van der Waals surface area contributed by atoms with Crippen LogP contribution in [0.5, 0.6) is 5.75 Å². The molecule has 8 heteroatoms. The lowest BCUT2D eigenvalue weighted by atomic mass is 10.2. The molecule has 0 saturated carbocycles. The summed E-state index contributed by atoms with van der Waals surface area (Å²) in [5, 5.41) is 3.71. The van der Waals surface area contributed by atoms with Crippen molar-refractivity contribution in [1.29, 1.82) is 0 Å². The van der Waals surface area contributed by atoms with Gasteiger partial charge in [-0.2, -0.15) is 4.72 Å². The monoisotopic (exact) mass is 402 g/mol. The number of rotatable bonds is 7. The highest BCUT2D eigenvalue weighted by Gasteiger charge is 2.24. The highest BCUT2D eigenvalue weighted by Crippen LogP contribution is 2.23. The summed E-state index contributed by atoms with van der Waals surface area (Å²) in [7, 11) is -2.34. The zero-order valence-corrected chi connectivity index (χ0v) is 16.6. The zero-order chi connectivity index (χ0) is 20.3. The van der Waals surface area contributed by atoms with Gasteiger partial charge in [-0.15, -0.1) is 0 Å². The lowest BCUT2D eigenvalue weighted by molar-refractivity contribution is -0.123. The van der Waals surface area contributed by atoms with E-state index in [4.69, 9.17) is 9.15 Å². The molecule has 2 atom stereocenters. The SMILES string of the molecule is COc1ccc(S(=O)(=O)N[C@@H](C)C(=O)NC(C)c2cc3ccccc3o2)cc1. The molecule has 3 rings (SSSR count). The van der Waals surface area contributed by atoms with Crippen molar-refractivity contribution in [3.63, 3.8) is 0 Å². The number of hydrogen-bond acceptors (Lipinski definition) is 5. The van der Waals surface area contributed by atoms with E-state index in [1.54, 1.807) is 19.1 Å². The van der Waals surface area contributed by atoms with Crippen LogP contribution in [0, 0.1) is 0 Å². The molecule has 0 aliphatic heterocycles. The van der Waals surface area contributed by atoms with Gasteiger partial charge in [0.15, 0.2) is 0 Å². The number of ether oxygens (including phenoxy) is 1. The van der Waals surface area contributed by atoms with Gasteiger partial charge < -0.3 is 14.5 Å². The highest BCUT2D eigenvalue weighted by molar-refractivity contribution is 7.89. The average Bonchev–Trinajstić information content (AvgIpc) is 3.12. The van der Waals surface area contributed by atoms with Gasteiger partial charge in [-0.25, -0.2) is 8.42 Å². The van der Waals surface area contributed by atoms with Crippen molar-refractivity contribution in [1.82, 2.24) is 10.0 Å². The molecule has 0 aliphatic carbocycles. The van der Waals surface area contributed by atoms with Crippen molar-refractivity contribution in [3.05, 3.63) is 60.4 Å². The Kier molecular flexibility index (Phi) is 5.71. The number of nitrogens with one attached hydrogen (secondary N) is 2. The fourth-order valence-electron chi connectivity index (χ4n) is 2.73. The Labute approximate surface area is 163 Å². The highest BCUT2D eigenvalue weighted by atomic mass is 32.2. The summed E-state index contributed by atoms with van der Waals surface area (Å²) < 4.78 is 38.1. The van der Waals surface area contributed by atoms with E-state index in [-0.39, 0.29) is 4.90 Å². The Morgan fingerprint density at radius 2 is 1.75 bits per heavy atom. The number of hydrogen-bond donors (Lipinski definition) is 2. The molecule has 1 amide bonds. The Balaban J connectivity index is 1.66. The summed E-state index contributed by atoms with van der Waals surface area (Å²) >= 11 is 0. The summed E-state index contributed by atoms with van der Waals surface area (Å²) in [6, 6.07) is 14.0. The van der Waals surface area contributed by atoms with Crippen LogP contribution in [0.4, 0.5) is 0 Å². The van der Waals surface area contributed by atoms with Gasteiger partial charge in [-0.3, -0.25) is 4.79 Å². The number of sulfonamides is 1. The third-order valence-corrected chi connectivity index (χ3v) is 5.88. The second kappa shape index (κ2) is 8.04. The van der Waals surface area contributed by atoms with Crippen molar-refractivity contribution in [2.24, 2.45) is 0 Å². The maximum absolute atomic E-state index is 12.5. The first-order chi connectivity index (χ1) is 13.3. The number of para-hydroxylation sites is 1. The van der Waals surface area contributed by atoms with E-state index in [0.29, 0.717) is 11.5 Å². The summed E-state index contributed by atoms with van der Waals surface area (Å²) in [6.45, 7) is 3.27. The number of amides is 1. The lowest BCUT2D eigenvalue weighted by Gasteiger charge is -2.17. The number of methoxy groups -OCH3 is 1. The van der Waals surface area contributed by atoms with Crippen LogP contribution in [0.2, 0.25) is 0 Å². The molecule has 0 radical (unpaired) electrons. The number of fused-ring (bicyclic) bond motifs is 1. The first-order valence-corrected chi connectivity index (χ1v) is 10.2. The number of carbonyl (C=O) groups excluding carboxylic acids is 1. The van der Waals surface area contributed by atoms with Gasteiger partial charge in [-0.1, -0.05) is 18.2 Å². The minimum absolute atomic E-state index is 0.0540. The molecule has 0 fully saturated rings. The van der Waals surface area contributed by atoms with Crippen molar-refractivity contribution in [2.75, 3.05) is 7.11 Å². The fourth-order valence-corrected chi connectivity index (χ4v) is 3.94. The van der Waals surface area contributed by atoms with E-state index in [9.17, 15) is 13.2 Å². The minimum atomic E-state index is -3.84. The molecule has 3 aromatic rings. The Morgan fingerprint density at radius 3 is 2.39 bits per heavy atom. The van der Waals surface area contributed by atoms with Crippen LogP contribution < -0.4 is 14.8 Å². The summed E-state index contributed by atoms with van der Waals surface area (Å²) in [6.07, 6.45) is 0. The van der Waals surface area contributed by atoms with Crippen molar-refractivity contribution >= 4 is 26.9 Å². The molecule has 0 bridgehead atoms. The predicted octanol–water partition coefficient (Wildman–Crippen LogP) is 2.99. The summed E-state index contributed by atoms with van der Waals surface area (Å²) in [5.41, 5.74) is 0.729. The third kappa shape index (κ3) is 4.35. The second-order valence-corrected chi connectivity index (χ2v) is 8.15. The smallest absolute Gasteiger partial charge is 0.241 e. The van der Waals surface area contributed by atoms with E-state index in [2.05, 4.69) is 10.0 Å². The Hall–Kier alpha value is -2.84. The molecule has 1 aromatic heterocycles. The molecule has 7 nitrogen and oxygen atoms in total. The Bertz CT molecular complexity index is 1040. The fraction of sp³-hybridized carbons (Fsp3) is 0.250. The topological polar surface area (TPSA) is 97.6 Å². The van der Waals surface area contributed by atoms with E-state index < -0.39 is 28.0 Å². The van der Waals surface area contributed by atoms with Crippen LogP contribution in [0.1, 0.15) is 25.6 Å². The number of furan rings is 1. The molecule has 1 unspecified atom stereocenters. The molecule has 2 aromatic carbocycles. The molecule has 2 N–H and O–H groups in total. The van der Waals surface area contributed by atoms with Gasteiger partial charge in [0.1, 0.15) is 17.1 Å². The van der Waals surface area contributed by atoms with Gasteiger partial charge in [-0.05, 0) is 50.2 Å². The molecule has 0 saturated heterocycles. The number of carbonyl (C=O) groups is 1. The van der Waals surface area contributed by atoms with E-state index in [0.717, 1.165) is 11.0 Å². The normalized spacial score (nSPS) is 13.8. The quantitative estimate of drug-likeness (QED) is 0.633. The molecule has 0 aliphatic rings. The molecular formula is C20H22N2O5S. The molecular weight excluding hydrogens is 380 g/mol. The summed E-state index contributed by atoms with van der Waals surface area (Å²) in [5.74, 6) is 0.689. The lowest BCUT2D eigenvalue weighted by Crippen LogP contribution is -2.45. The predicted molar refractivity (Wildman–Crippen MR) is 106 cm³/mol. The maximum Gasteiger partial charge on any atom is 0.241 e. The van der Waals surface area contributed by atoms with Gasteiger partial charge in [0, 0.05) is 5.39 Å². The van der Waals surface area contributed by atoms with E-state index in [1.165, 1.54) is 26.2 Å². The first kappa shape index (κ1) is 19.9. The maximum atomic E-state index is 12.5. The number of benzene rings is 2. The van der Waals surface area contributed by atoms with Crippen LogP contribution in [0.25, 0.3) is 11.0 Å². The second-order valence-electron chi connectivity index (χ2n) is 6.44. The molecule has 0 spiro atoms. The molecule has 148 valence electrons. The van der Waals surface area contributed by atoms with Crippen LogP contribution in [0.3, 0.4) is 0 Å². The van der Waals surface area contributed by atoms with Gasteiger partial charge in [0.05, 0.1) is 24.1 Å². The third-order valence-electron chi connectivity index (χ3n) is 4.33. The molecule has 1 heterocycles. The van der Waals surface area contributed by atoms with Crippen molar-refractivity contribution < 1.29 is 22.4 Å². The zero-order valence-electron chi connectivity index (χ0n) is 15.8. The van der Waals surface area contributed by atoms with Crippen LogP contribution in [-0.2, 0) is 14.8 Å². The van der Waals surface area contributed by atoms with Gasteiger partial charge in [0.2, 0.25) is 15.9 Å². The van der Waals surface area contributed by atoms with Crippen molar-refractivity contribution in [3.8, 4) is 5.75 Å². The summed E-state index contributed by atoms with van der Waals surface area (Å²) in [4.78, 5) is 12.5. The van der Waals surface area contributed by atoms with E-state index in [1.807, 2.05) is 30.3 Å². The van der Waals surface area contributed by atoms with Gasteiger partial charge in [0.25, 0.3) is 0 Å². The average molecular weight is 402 g/mol.